The molecule has 0 bridgehead atoms. The number of thioether (sulfide) groups is 1. The van der Waals surface area contributed by atoms with Crippen LogP contribution >= 0.6 is 24.0 Å². The number of thiocarbonyl (C=S) groups is 1. The Morgan fingerprint density at radius 2 is 1.90 bits per heavy atom. The van der Waals surface area contributed by atoms with Crippen LogP contribution in [0, 0.1) is 10.1 Å². The normalized spacial score (nSPS) is 16.3. The minimum atomic E-state index is -0.452. The number of rotatable bonds is 5. The van der Waals surface area contributed by atoms with Gasteiger partial charge in [0.05, 0.1) is 15.9 Å². The number of carbonyl (C=O) groups is 1. The smallest absolute Gasteiger partial charge is 0.270 e. The SMILES string of the molecule is C[C@H](c1ccccc1)N1C(=O)/C(=C/c2ccc(-c3cccc([N+](=O)[O-])c3)o2)SC1=S. The molecule has 1 atom stereocenters. The highest BCUT2D eigenvalue weighted by molar-refractivity contribution is 8.26. The van der Waals surface area contributed by atoms with E-state index in [1.807, 2.05) is 37.3 Å². The number of nitro benzene ring substituents is 1. The summed E-state index contributed by atoms with van der Waals surface area (Å²) in [4.78, 5) is 25.6. The van der Waals surface area contributed by atoms with Gasteiger partial charge in [-0.25, -0.2) is 0 Å². The molecule has 2 aromatic carbocycles. The molecule has 0 N–H and O–H groups in total. The molecule has 8 heteroatoms. The average Bonchev–Trinajstić information content (AvgIpc) is 3.33. The van der Waals surface area contributed by atoms with Crippen LogP contribution in [0.2, 0.25) is 0 Å². The zero-order chi connectivity index (χ0) is 21.3. The fraction of sp³-hybridized carbons (Fsp3) is 0.0909. The van der Waals surface area contributed by atoms with Crippen LogP contribution in [-0.2, 0) is 4.79 Å². The molecule has 1 aliphatic heterocycles. The highest BCUT2D eigenvalue weighted by atomic mass is 32.2. The molecular formula is C22H16N2O4S2. The Hall–Kier alpha value is -3.23. The van der Waals surface area contributed by atoms with Crippen LogP contribution in [0.4, 0.5) is 5.69 Å². The van der Waals surface area contributed by atoms with Crippen LogP contribution in [0.1, 0.15) is 24.3 Å². The molecule has 0 radical (unpaired) electrons. The van der Waals surface area contributed by atoms with E-state index >= 15 is 0 Å². The van der Waals surface area contributed by atoms with E-state index in [4.69, 9.17) is 16.6 Å². The fourth-order valence-electron chi connectivity index (χ4n) is 3.18. The third kappa shape index (κ3) is 3.92. The van der Waals surface area contributed by atoms with Crippen LogP contribution in [-0.4, -0.2) is 20.1 Å². The summed E-state index contributed by atoms with van der Waals surface area (Å²) in [5.41, 5.74) is 1.58. The predicted octanol–water partition coefficient (Wildman–Crippen LogP) is 5.82. The van der Waals surface area contributed by atoms with Crippen molar-refractivity contribution < 1.29 is 14.1 Å². The summed E-state index contributed by atoms with van der Waals surface area (Å²) >= 11 is 6.67. The number of benzene rings is 2. The maximum absolute atomic E-state index is 13.0. The lowest BCUT2D eigenvalue weighted by molar-refractivity contribution is -0.384. The van der Waals surface area contributed by atoms with Gasteiger partial charge in [0.1, 0.15) is 15.8 Å². The van der Waals surface area contributed by atoms with Crippen molar-refractivity contribution in [3.05, 3.63) is 93.1 Å². The first-order valence-corrected chi connectivity index (χ1v) is 10.3. The third-order valence-corrected chi connectivity index (χ3v) is 6.06. The van der Waals surface area contributed by atoms with E-state index in [2.05, 4.69) is 0 Å². The lowest BCUT2D eigenvalue weighted by Gasteiger charge is -2.23. The lowest BCUT2D eigenvalue weighted by Crippen LogP contribution is -2.30. The molecule has 1 aromatic heterocycles. The van der Waals surface area contributed by atoms with Crippen LogP contribution in [0.3, 0.4) is 0 Å². The van der Waals surface area contributed by atoms with E-state index in [-0.39, 0.29) is 17.6 Å². The predicted molar refractivity (Wildman–Crippen MR) is 121 cm³/mol. The highest BCUT2D eigenvalue weighted by Gasteiger charge is 2.36. The second-order valence-corrected chi connectivity index (χ2v) is 8.32. The van der Waals surface area contributed by atoms with Crippen LogP contribution in [0.25, 0.3) is 17.4 Å². The topological polar surface area (TPSA) is 76.6 Å². The van der Waals surface area contributed by atoms with Gasteiger partial charge in [-0.2, -0.15) is 0 Å². The molecule has 3 aromatic rings. The van der Waals surface area contributed by atoms with Crippen LogP contribution in [0.15, 0.2) is 76.1 Å². The first kappa shape index (κ1) is 20.1. The summed E-state index contributed by atoms with van der Waals surface area (Å²) in [6, 6.07) is 19.2. The molecule has 0 saturated carbocycles. The number of nitrogens with zero attached hydrogens (tertiary/aromatic N) is 2. The van der Waals surface area contributed by atoms with Gasteiger partial charge in [-0.15, -0.1) is 0 Å². The lowest BCUT2D eigenvalue weighted by atomic mass is 10.1. The van der Waals surface area contributed by atoms with E-state index in [0.717, 1.165) is 5.56 Å². The quantitative estimate of drug-likeness (QED) is 0.217. The first-order chi connectivity index (χ1) is 14.4. The van der Waals surface area contributed by atoms with Crippen molar-refractivity contribution in [3.63, 3.8) is 0 Å². The first-order valence-electron chi connectivity index (χ1n) is 9.11. The Balaban J connectivity index is 1.58. The number of non-ortho nitro benzene ring substituents is 1. The largest absolute Gasteiger partial charge is 0.457 e. The summed E-state index contributed by atoms with van der Waals surface area (Å²) < 4.78 is 6.30. The zero-order valence-electron chi connectivity index (χ0n) is 15.8. The maximum Gasteiger partial charge on any atom is 0.270 e. The molecule has 0 aliphatic carbocycles. The second-order valence-electron chi connectivity index (χ2n) is 6.65. The van der Waals surface area contributed by atoms with Gasteiger partial charge < -0.3 is 4.42 Å². The van der Waals surface area contributed by atoms with E-state index in [0.29, 0.717) is 26.3 Å². The molecule has 2 heterocycles. The maximum atomic E-state index is 13.0. The number of carbonyl (C=O) groups excluding carboxylic acids is 1. The van der Waals surface area contributed by atoms with Crippen molar-refractivity contribution >= 4 is 46.0 Å². The van der Waals surface area contributed by atoms with Gasteiger partial charge in [0.15, 0.2) is 0 Å². The summed E-state index contributed by atoms with van der Waals surface area (Å²) in [6.45, 7) is 1.94. The Morgan fingerprint density at radius 3 is 2.63 bits per heavy atom. The molecule has 0 unspecified atom stereocenters. The standard InChI is InChI=1S/C22H16N2O4S2/c1-14(15-6-3-2-4-7-15)23-21(25)20(30-22(23)29)13-18-10-11-19(28-18)16-8-5-9-17(12-16)24(26)27/h2-14H,1H3/b20-13-/t14-/m1/s1. The number of hydrogen-bond acceptors (Lipinski definition) is 6. The molecule has 0 spiro atoms. The number of nitro groups is 1. The monoisotopic (exact) mass is 436 g/mol. The van der Waals surface area contributed by atoms with Crippen molar-refractivity contribution in [3.8, 4) is 11.3 Å². The van der Waals surface area contributed by atoms with E-state index < -0.39 is 4.92 Å². The average molecular weight is 437 g/mol. The highest BCUT2D eigenvalue weighted by Crippen LogP contribution is 2.38. The molecule has 1 amide bonds. The summed E-state index contributed by atoms with van der Waals surface area (Å²) in [7, 11) is 0. The number of hydrogen-bond donors (Lipinski definition) is 0. The van der Waals surface area contributed by atoms with E-state index in [1.165, 1.54) is 23.9 Å². The van der Waals surface area contributed by atoms with E-state index in [9.17, 15) is 14.9 Å². The van der Waals surface area contributed by atoms with Gasteiger partial charge >= 0.3 is 0 Å². The van der Waals surface area contributed by atoms with Gasteiger partial charge in [0, 0.05) is 23.8 Å². The fourth-order valence-corrected chi connectivity index (χ4v) is 4.58. The molecular weight excluding hydrogens is 420 g/mol. The Morgan fingerprint density at radius 1 is 1.13 bits per heavy atom. The van der Waals surface area contributed by atoms with Crippen molar-refractivity contribution in [1.29, 1.82) is 0 Å². The molecule has 1 aliphatic rings. The van der Waals surface area contributed by atoms with Crippen molar-refractivity contribution in [1.82, 2.24) is 4.90 Å². The number of amides is 1. The zero-order valence-corrected chi connectivity index (χ0v) is 17.5. The van der Waals surface area contributed by atoms with E-state index in [1.54, 1.807) is 35.2 Å². The van der Waals surface area contributed by atoms with Crippen molar-refractivity contribution in [2.75, 3.05) is 0 Å². The van der Waals surface area contributed by atoms with Gasteiger partial charge in [-0.05, 0) is 24.6 Å². The second kappa shape index (κ2) is 8.25. The molecule has 4 rings (SSSR count). The summed E-state index contributed by atoms with van der Waals surface area (Å²) in [6.07, 6.45) is 1.65. The third-order valence-electron chi connectivity index (χ3n) is 4.73. The van der Waals surface area contributed by atoms with Gasteiger partial charge in [-0.3, -0.25) is 19.8 Å². The molecule has 30 heavy (non-hydrogen) atoms. The van der Waals surface area contributed by atoms with Gasteiger partial charge in [-0.1, -0.05) is 66.4 Å². The number of furan rings is 1. The van der Waals surface area contributed by atoms with Gasteiger partial charge in [0.2, 0.25) is 0 Å². The Kier molecular flexibility index (Phi) is 5.52. The molecule has 1 saturated heterocycles. The Bertz CT molecular complexity index is 1170. The summed E-state index contributed by atoms with van der Waals surface area (Å²) in [5.74, 6) is 0.789. The molecule has 150 valence electrons. The minimum Gasteiger partial charge on any atom is -0.457 e. The van der Waals surface area contributed by atoms with Crippen LogP contribution < -0.4 is 0 Å². The van der Waals surface area contributed by atoms with Crippen LogP contribution in [0.5, 0.6) is 0 Å². The van der Waals surface area contributed by atoms with Crippen molar-refractivity contribution in [2.24, 2.45) is 0 Å². The van der Waals surface area contributed by atoms with Crippen molar-refractivity contribution in [2.45, 2.75) is 13.0 Å². The Labute approximate surface area is 182 Å². The minimum absolute atomic E-state index is 0.0128. The molecule has 1 fully saturated rings. The van der Waals surface area contributed by atoms with Gasteiger partial charge in [0.25, 0.3) is 11.6 Å². The molecule has 6 nitrogen and oxygen atoms in total. The summed E-state index contributed by atoms with van der Waals surface area (Å²) in [5, 5.41) is 11.0.